The van der Waals surface area contributed by atoms with Crippen LogP contribution in [0.4, 0.5) is 4.79 Å². The van der Waals surface area contributed by atoms with Crippen LogP contribution in [0, 0.1) is 0 Å². The average Bonchev–Trinajstić information content (AvgIpc) is 2.81. The fourth-order valence-electron chi connectivity index (χ4n) is 3.31. The maximum Gasteiger partial charge on any atom is 0.407 e. The van der Waals surface area contributed by atoms with Crippen LogP contribution in [0.15, 0.2) is 71.8 Å². The number of carbonyl (C=O) groups is 2. The van der Waals surface area contributed by atoms with Gasteiger partial charge in [-0.05, 0) is 36.9 Å². The predicted octanol–water partition coefficient (Wildman–Crippen LogP) is 4.05. The van der Waals surface area contributed by atoms with Crippen molar-refractivity contribution in [2.24, 2.45) is 5.10 Å². The summed E-state index contributed by atoms with van der Waals surface area (Å²) in [6.07, 6.45) is 1.25. The number of hydrogen-bond donors (Lipinski definition) is 2. The van der Waals surface area contributed by atoms with Crippen molar-refractivity contribution in [2.45, 2.75) is 26.3 Å². The molecule has 0 aliphatic rings. The molecule has 0 aliphatic carbocycles. The lowest BCUT2D eigenvalue weighted by atomic mass is 10.0. The molecule has 7 nitrogen and oxygen atoms in total. The SMILES string of the molecule is CCOC(=O)N[C@@H](Cc1ccccc1)C(=O)N/N=C\c1ccc(OCC)c2ccccc12. The zero-order valence-corrected chi connectivity index (χ0v) is 18.2. The molecule has 0 spiro atoms. The van der Waals surface area contributed by atoms with Crippen molar-refractivity contribution in [2.75, 3.05) is 13.2 Å². The Morgan fingerprint density at radius 1 is 0.938 bits per heavy atom. The monoisotopic (exact) mass is 433 g/mol. The summed E-state index contributed by atoms with van der Waals surface area (Å²) in [4.78, 5) is 24.7. The van der Waals surface area contributed by atoms with Crippen LogP contribution in [0.25, 0.3) is 10.8 Å². The fraction of sp³-hybridized carbons (Fsp3) is 0.240. The molecule has 2 N–H and O–H groups in total. The molecule has 2 amide bonds. The van der Waals surface area contributed by atoms with Gasteiger partial charge in [-0.2, -0.15) is 5.10 Å². The van der Waals surface area contributed by atoms with Gasteiger partial charge in [-0.3, -0.25) is 4.79 Å². The van der Waals surface area contributed by atoms with Crippen molar-refractivity contribution < 1.29 is 19.1 Å². The summed E-state index contributed by atoms with van der Waals surface area (Å²) < 4.78 is 10.6. The lowest BCUT2D eigenvalue weighted by molar-refractivity contribution is -0.123. The number of hydrazone groups is 1. The third kappa shape index (κ3) is 6.07. The van der Waals surface area contributed by atoms with Gasteiger partial charge in [-0.25, -0.2) is 10.2 Å². The first-order valence-corrected chi connectivity index (χ1v) is 10.6. The molecule has 0 saturated carbocycles. The molecule has 166 valence electrons. The Hall–Kier alpha value is -3.87. The lowest BCUT2D eigenvalue weighted by Gasteiger charge is -2.17. The minimum atomic E-state index is -0.828. The lowest BCUT2D eigenvalue weighted by Crippen LogP contribution is -2.47. The zero-order chi connectivity index (χ0) is 22.8. The zero-order valence-electron chi connectivity index (χ0n) is 18.2. The number of nitrogens with one attached hydrogen (secondary N) is 2. The molecule has 0 fully saturated rings. The number of rotatable bonds is 9. The first-order valence-electron chi connectivity index (χ1n) is 10.6. The van der Waals surface area contributed by atoms with Gasteiger partial charge in [0.2, 0.25) is 0 Å². The summed E-state index contributed by atoms with van der Waals surface area (Å²) in [5.41, 5.74) is 4.28. The summed E-state index contributed by atoms with van der Waals surface area (Å²) in [6.45, 7) is 4.44. The van der Waals surface area contributed by atoms with Crippen molar-refractivity contribution in [1.82, 2.24) is 10.7 Å². The van der Waals surface area contributed by atoms with Gasteiger partial charge in [-0.15, -0.1) is 0 Å². The van der Waals surface area contributed by atoms with E-state index in [-0.39, 0.29) is 6.61 Å². The molecule has 0 heterocycles. The van der Waals surface area contributed by atoms with Crippen molar-refractivity contribution in [1.29, 1.82) is 0 Å². The number of amides is 2. The van der Waals surface area contributed by atoms with Crippen molar-refractivity contribution in [3.05, 3.63) is 77.9 Å². The van der Waals surface area contributed by atoms with Gasteiger partial charge in [0, 0.05) is 17.4 Å². The minimum absolute atomic E-state index is 0.217. The van der Waals surface area contributed by atoms with Gasteiger partial charge in [0.1, 0.15) is 11.8 Å². The second-order valence-corrected chi connectivity index (χ2v) is 6.97. The summed E-state index contributed by atoms with van der Waals surface area (Å²) in [7, 11) is 0. The molecule has 0 radical (unpaired) electrons. The minimum Gasteiger partial charge on any atom is -0.493 e. The molecule has 0 aliphatic heterocycles. The molecular weight excluding hydrogens is 406 g/mol. The van der Waals surface area contributed by atoms with Crippen LogP contribution in [-0.4, -0.2) is 37.5 Å². The van der Waals surface area contributed by atoms with Crippen LogP contribution in [0.5, 0.6) is 5.75 Å². The molecule has 3 rings (SSSR count). The number of ether oxygens (including phenoxy) is 2. The Bertz CT molecular complexity index is 1080. The Morgan fingerprint density at radius 2 is 1.66 bits per heavy atom. The van der Waals surface area contributed by atoms with E-state index in [1.54, 1.807) is 13.1 Å². The van der Waals surface area contributed by atoms with Crippen LogP contribution in [0.2, 0.25) is 0 Å². The van der Waals surface area contributed by atoms with E-state index >= 15 is 0 Å². The van der Waals surface area contributed by atoms with E-state index in [9.17, 15) is 9.59 Å². The van der Waals surface area contributed by atoms with Gasteiger partial charge in [0.15, 0.2) is 0 Å². The Labute approximate surface area is 187 Å². The largest absolute Gasteiger partial charge is 0.493 e. The number of nitrogens with zero attached hydrogens (tertiary/aromatic N) is 1. The fourth-order valence-corrected chi connectivity index (χ4v) is 3.31. The molecule has 0 saturated heterocycles. The topological polar surface area (TPSA) is 89.0 Å². The second-order valence-electron chi connectivity index (χ2n) is 6.97. The normalized spacial score (nSPS) is 11.8. The summed E-state index contributed by atoms with van der Waals surface area (Å²) in [5, 5.41) is 8.66. The Balaban J connectivity index is 1.75. The number of alkyl carbamates (subject to hydrolysis) is 1. The summed E-state index contributed by atoms with van der Waals surface area (Å²) in [5.74, 6) is 0.360. The smallest absolute Gasteiger partial charge is 0.407 e. The molecular formula is C25H27N3O4. The third-order valence-corrected chi connectivity index (χ3v) is 4.76. The Morgan fingerprint density at radius 3 is 2.38 bits per heavy atom. The van der Waals surface area contributed by atoms with Gasteiger partial charge < -0.3 is 14.8 Å². The van der Waals surface area contributed by atoms with Gasteiger partial charge in [-0.1, -0.05) is 54.6 Å². The first kappa shape index (κ1) is 22.8. The van der Waals surface area contributed by atoms with Gasteiger partial charge in [0.05, 0.1) is 19.4 Å². The van der Waals surface area contributed by atoms with E-state index in [0.717, 1.165) is 27.6 Å². The van der Waals surface area contributed by atoms with Crippen LogP contribution in [0.3, 0.4) is 0 Å². The number of fused-ring (bicyclic) bond motifs is 1. The molecule has 1 atom stereocenters. The van der Waals surface area contributed by atoms with E-state index in [1.807, 2.05) is 73.7 Å². The second kappa shape index (κ2) is 11.5. The van der Waals surface area contributed by atoms with E-state index in [0.29, 0.717) is 13.0 Å². The molecule has 7 heteroatoms. The van der Waals surface area contributed by atoms with Crippen molar-refractivity contribution in [3.8, 4) is 5.75 Å². The molecule has 0 bridgehead atoms. The van der Waals surface area contributed by atoms with Crippen molar-refractivity contribution in [3.63, 3.8) is 0 Å². The molecule has 3 aromatic carbocycles. The van der Waals surface area contributed by atoms with E-state index in [4.69, 9.17) is 9.47 Å². The Kier molecular flexibility index (Phi) is 8.20. The quantitative estimate of drug-likeness (QED) is 0.394. The average molecular weight is 434 g/mol. The highest BCUT2D eigenvalue weighted by molar-refractivity contribution is 6.02. The van der Waals surface area contributed by atoms with E-state index in [2.05, 4.69) is 15.8 Å². The third-order valence-electron chi connectivity index (χ3n) is 4.76. The molecule has 32 heavy (non-hydrogen) atoms. The van der Waals surface area contributed by atoms with Crippen LogP contribution in [0.1, 0.15) is 25.0 Å². The summed E-state index contributed by atoms with van der Waals surface area (Å²) >= 11 is 0. The number of carbonyl (C=O) groups excluding carboxylic acids is 2. The van der Waals surface area contributed by atoms with Crippen molar-refractivity contribution >= 4 is 29.0 Å². The molecule has 3 aromatic rings. The van der Waals surface area contributed by atoms with E-state index in [1.165, 1.54) is 0 Å². The van der Waals surface area contributed by atoms with Crippen LogP contribution in [-0.2, 0) is 16.0 Å². The first-order chi connectivity index (χ1) is 15.6. The number of hydrogen-bond acceptors (Lipinski definition) is 5. The van der Waals surface area contributed by atoms with Crippen LogP contribution >= 0.6 is 0 Å². The molecule has 0 aromatic heterocycles. The number of benzene rings is 3. The standard InChI is InChI=1S/C25H27N3O4/c1-3-31-23-15-14-19(20-12-8-9-13-21(20)23)17-26-28-24(29)22(27-25(30)32-4-2)16-18-10-6-5-7-11-18/h5-15,17,22H,3-4,16H2,1-2H3,(H,27,30)(H,28,29)/b26-17-/t22-/m0/s1. The van der Waals surface area contributed by atoms with Crippen LogP contribution < -0.4 is 15.5 Å². The molecule has 0 unspecified atom stereocenters. The van der Waals surface area contributed by atoms with E-state index < -0.39 is 18.0 Å². The highest BCUT2D eigenvalue weighted by Crippen LogP contribution is 2.27. The van der Waals surface area contributed by atoms with Gasteiger partial charge >= 0.3 is 6.09 Å². The highest BCUT2D eigenvalue weighted by atomic mass is 16.5. The summed E-state index contributed by atoms with van der Waals surface area (Å²) in [6, 6.07) is 20.2. The predicted molar refractivity (Wildman–Crippen MR) is 125 cm³/mol. The highest BCUT2D eigenvalue weighted by Gasteiger charge is 2.21. The maximum atomic E-state index is 12.8. The maximum absolute atomic E-state index is 12.8. The van der Waals surface area contributed by atoms with Gasteiger partial charge in [0.25, 0.3) is 5.91 Å².